The molecule has 0 atom stereocenters. The van der Waals surface area contributed by atoms with E-state index in [4.69, 9.17) is 0 Å². The molecule has 2 nitrogen and oxygen atoms in total. The van der Waals surface area contributed by atoms with E-state index in [1.807, 2.05) is 0 Å². The number of fused-ring (bicyclic) bond motifs is 6. The lowest BCUT2D eigenvalue weighted by atomic mass is 9.80. The number of hydrogen-bond donors (Lipinski definition) is 0. The van der Waals surface area contributed by atoms with Gasteiger partial charge in [-0.25, -0.2) is 0 Å². The van der Waals surface area contributed by atoms with Crippen LogP contribution in [-0.4, -0.2) is 9.13 Å². The van der Waals surface area contributed by atoms with Crippen molar-refractivity contribution in [3.63, 3.8) is 0 Å². The lowest BCUT2D eigenvalue weighted by Crippen LogP contribution is -2.17. The molecule has 0 saturated carbocycles. The van der Waals surface area contributed by atoms with E-state index in [1.165, 1.54) is 82.8 Å². The molecule has 0 aliphatic rings. The van der Waals surface area contributed by atoms with Crippen LogP contribution in [0.5, 0.6) is 0 Å². The summed E-state index contributed by atoms with van der Waals surface area (Å²) in [6.45, 7) is 18.7. The summed E-state index contributed by atoms with van der Waals surface area (Å²) in [7, 11) is 0. The van der Waals surface area contributed by atoms with Crippen molar-refractivity contribution in [3.05, 3.63) is 144 Å². The smallest absolute Gasteiger partial charge is 0.0547 e. The van der Waals surface area contributed by atoms with E-state index in [1.54, 1.807) is 0 Å². The van der Waals surface area contributed by atoms with Gasteiger partial charge in [0.1, 0.15) is 0 Å². The molecule has 0 amide bonds. The Bertz CT molecular complexity index is 2440. The maximum Gasteiger partial charge on any atom is 0.0547 e. The minimum atomic E-state index is 0.0107. The third-order valence-electron chi connectivity index (χ3n) is 10.4. The Kier molecular flexibility index (Phi) is 7.16. The van der Waals surface area contributed by atoms with Gasteiger partial charge in [-0.05, 0) is 87.0 Å². The fourth-order valence-electron chi connectivity index (χ4n) is 7.87. The fourth-order valence-corrected chi connectivity index (χ4v) is 7.87. The summed E-state index contributed by atoms with van der Waals surface area (Å²) in [4.78, 5) is 0. The molecule has 244 valence electrons. The first-order valence-corrected chi connectivity index (χ1v) is 17.7. The quantitative estimate of drug-likeness (QED) is 0.181. The summed E-state index contributed by atoms with van der Waals surface area (Å²) >= 11 is 0. The van der Waals surface area contributed by atoms with Gasteiger partial charge in [0, 0.05) is 27.2 Å². The van der Waals surface area contributed by atoms with E-state index in [0.717, 1.165) is 0 Å². The number of hydrogen-bond acceptors (Lipinski definition) is 0. The molecule has 2 heterocycles. The fraction of sp³-hybridized carbons (Fsp3) is 0.234. The number of nitrogens with zero attached hydrogens (tertiary/aromatic N) is 2. The molecule has 6 aromatic carbocycles. The third-order valence-corrected chi connectivity index (χ3v) is 10.4. The zero-order valence-electron chi connectivity index (χ0n) is 30.1. The Balaban J connectivity index is 1.58. The molecule has 0 saturated heterocycles. The first kappa shape index (κ1) is 31.2. The summed E-state index contributed by atoms with van der Waals surface area (Å²) in [5.74, 6) is 0.271. The zero-order chi connectivity index (χ0) is 34.2. The van der Waals surface area contributed by atoms with Gasteiger partial charge in [0.15, 0.2) is 0 Å². The molecule has 8 aromatic rings. The van der Waals surface area contributed by atoms with Crippen molar-refractivity contribution in [1.29, 1.82) is 0 Å². The van der Waals surface area contributed by atoms with Crippen LogP contribution in [0.4, 0.5) is 0 Å². The van der Waals surface area contributed by atoms with Crippen molar-refractivity contribution < 1.29 is 0 Å². The van der Waals surface area contributed by atoms with E-state index in [0.29, 0.717) is 0 Å². The molecule has 0 N–H and O–H groups in total. The first-order chi connectivity index (χ1) is 23.4. The second kappa shape index (κ2) is 11.2. The normalized spacial score (nSPS) is 12.7. The van der Waals surface area contributed by atoms with Crippen LogP contribution in [-0.2, 0) is 10.8 Å². The molecular formula is C47H46N2. The van der Waals surface area contributed by atoms with Gasteiger partial charge >= 0.3 is 0 Å². The summed E-state index contributed by atoms with van der Waals surface area (Å²) in [6, 6.07) is 47.6. The van der Waals surface area contributed by atoms with Crippen molar-refractivity contribution in [2.75, 3.05) is 0 Å². The molecule has 0 radical (unpaired) electrons. The van der Waals surface area contributed by atoms with Gasteiger partial charge in [0.05, 0.1) is 27.8 Å². The Hall–Kier alpha value is -5.08. The predicted octanol–water partition coefficient (Wildman–Crippen LogP) is 13.3. The number of benzene rings is 6. The van der Waals surface area contributed by atoms with Crippen LogP contribution in [0.2, 0.25) is 0 Å². The molecule has 0 unspecified atom stereocenters. The number of para-hydroxylation sites is 2. The molecule has 8 rings (SSSR count). The Morgan fingerprint density at radius 2 is 1.00 bits per heavy atom. The Morgan fingerprint density at radius 1 is 0.469 bits per heavy atom. The van der Waals surface area contributed by atoms with Crippen LogP contribution in [0.25, 0.3) is 66.1 Å². The van der Waals surface area contributed by atoms with Crippen LogP contribution in [0, 0.1) is 0 Å². The second-order valence-electron chi connectivity index (χ2n) is 16.1. The average Bonchev–Trinajstić information content (AvgIpc) is 3.60. The van der Waals surface area contributed by atoms with Gasteiger partial charge < -0.3 is 9.13 Å². The highest BCUT2D eigenvalue weighted by atomic mass is 15.0. The average molecular weight is 639 g/mol. The topological polar surface area (TPSA) is 9.86 Å². The molecule has 0 bridgehead atoms. The van der Waals surface area contributed by atoms with Crippen LogP contribution in [0.15, 0.2) is 127 Å². The van der Waals surface area contributed by atoms with E-state index in [-0.39, 0.29) is 16.7 Å². The Morgan fingerprint density at radius 3 is 1.57 bits per heavy atom. The maximum absolute atomic E-state index is 2.54. The summed E-state index contributed by atoms with van der Waals surface area (Å²) in [5.41, 5.74) is 14.1. The zero-order valence-corrected chi connectivity index (χ0v) is 30.1. The molecule has 0 aliphatic heterocycles. The van der Waals surface area contributed by atoms with Crippen molar-refractivity contribution in [2.45, 2.75) is 72.1 Å². The minimum absolute atomic E-state index is 0.0107. The lowest BCUT2D eigenvalue weighted by Gasteiger charge is -2.27. The highest BCUT2D eigenvalue weighted by Crippen LogP contribution is 2.46. The Labute approximate surface area is 290 Å². The van der Waals surface area contributed by atoms with Gasteiger partial charge in [-0.15, -0.1) is 0 Å². The van der Waals surface area contributed by atoms with E-state index < -0.39 is 0 Å². The van der Waals surface area contributed by atoms with E-state index >= 15 is 0 Å². The van der Waals surface area contributed by atoms with Crippen LogP contribution < -0.4 is 0 Å². The molecular weight excluding hydrogens is 593 g/mol. The van der Waals surface area contributed by atoms with Gasteiger partial charge in [-0.2, -0.15) is 0 Å². The van der Waals surface area contributed by atoms with Crippen molar-refractivity contribution in [3.8, 4) is 22.5 Å². The number of aromatic nitrogens is 2. The van der Waals surface area contributed by atoms with Gasteiger partial charge in [0.25, 0.3) is 0 Å². The summed E-state index contributed by atoms with van der Waals surface area (Å²) in [6.07, 6.45) is 0. The monoisotopic (exact) mass is 638 g/mol. The molecule has 2 heteroatoms. The van der Waals surface area contributed by atoms with Crippen molar-refractivity contribution in [1.82, 2.24) is 9.13 Å². The van der Waals surface area contributed by atoms with Crippen molar-refractivity contribution in [2.24, 2.45) is 0 Å². The summed E-state index contributed by atoms with van der Waals surface area (Å²) < 4.78 is 5.05. The van der Waals surface area contributed by atoms with Gasteiger partial charge in [0.2, 0.25) is 0 Å². The minimum Gasteiger partial charge on any atom is -0.309 e. The van der Waals surface area contributed by atoms with Crippen LogP contribution in [0.3, 0.4) is 0 Å². The van der Waals surface area contributed by atoms with Crippen molar-refractivity contribution >= 4 is 43.6 Å². The molecule has 49 heavy (non-hydrogen) atoms. The predicted molar refractivity (Wildman–Crippen MR) is 212 cm³/mol. The third kappa shape index (κ3) is 5.00. The lowest BCUT2D eigenvalue weighted by molar-refractivity contribution is 0.568. The maximum atomic E-state index is 2.54. The first-order valence-electron chi connectivity index (χ1n) is 17.7. The van der Waals surface area contributed by atoms with Crippen LogP contribution >= 0.6 is 0 Å². The molecule has 2 aromatic heterocycles. The number of rotatable bonds is 4. The van der Waals surface area contributed by atoms with Crippen LogP contribution in [0.1, 0.15) is 78.0 Å². The van der Waals surface area contributed by atoms with Gasteiger partial charge in [-0.3, -0.25) is 0 Å². The molecule has 0 aliphatic carbocycles. The SMILES string of the molecule is CC(C)c1c(-n2c3ccccc3c3ccccc32)ccc2c1c1c(-c3ccccc3)cccc1n2-c1cc(C(C)(C)C)cc(C(C)(C)C)c1. The van der Waals surface area contributed by atoms with Gasteiger partial charge in [-0.1, -0.05) is 140 Å². The summed E-state index contributed by atoms with van der Waals surface area (Å²) in [5, 5.41) is 5.22. The largest absolute Gasteiger partial charge is 0.309 e. The van der Waals surface area contributed by atoms with E-state index in [9.17, 15) is 0 Å². The van der Waals surface area contributed by atoms with E-state index in [2.05, 4.69) is 192 Å². The highest BCUT2D eigenvalue weighted by Gasteiger charge is 2.26. The second-order valence-corrected chi connectivity index (χ2v) is 16.1. The standard InChI is InChI=1S/C47H46N2/c1-30(2)43-41(49-38-22-14-12-19-36(38)37-20-13-15-23-39(37)49)25-26-42-45(43)44-35(31-17-10-9-11-18-31)21-16-24-40(44)48(42)34-28-32(46(3,4)5)27-33(29-34)47(6,7)8/h9-30H,1-8H3. The molecule has 0 spiro atoms. The molecule has 0 fully saturated rings. The highest BCUT2D eigenvalue weighted by molar-refractivity contribution is 6.18.